The van der Waals surface area contributed by atoms with Gasteiger partial charge in [-0.1, -0.05) is 38.0 Å². The summed E-state index contributed by atoms with van der Waals surface area (Å²) < 4.78 is 0. The molecule has 2 atom stereocenters. The number of carbonyl (C=O) groups is 3. The lowest BCUT2D eigenvalue weighted by Crippen LogP contribution is -2.46. The van der Waals surface area contributed by atoms with Crippen molar-refractivity contribution in [2.45, 2.75) is 45.2 Å². The Morgan fingerprint density at radius 1 is 1.12 bits per heavy atom. The number of hydrogen-bond donors (Lipinski definition) is 0. The van der Waals surface area contributed by atoms with Gasteiger partial charge in [0.25, 0.3) is 0 Å². The first-order chi connectivity index (χ1) is 11.5. The van der Waals surface area contributed by atoms with Gasteiger partial charge in [-0.15, -0.1) is 0 Å². The first-order valence-electron chi connectivity index (χ1n) is 8.21. The lowest BCUT2D eigenvalue weighted by atomic mass is 9.85. The van der Waals surface area contributed by atoms with Crippen molar-refractivity contribution in [2.24, 2.45) is 5.92 Å². The molecule has 0 radical (unpaired) electrons. The van der Waals surface area contributed by atoms with Gasteiger partial charge in [-0.3, -0.25) is 19.4 Å². The van der Waals surface area contributed by atoms with Crippen LogP contribution in [0, 0.1) is 17.2 Å². The largest absolute Gasteiger partial charge is 0.334 e. The molecule has 24 heavy (non-hydrogen) atoms. The lowest BCUT2D eigenvalue weighted by molar-refractivity contribution is -0.144. The van der Waals surface area contributed by atoms with Gasteiger partial charge < -0.3 is 0 Å². The molecule has 1 heterocycles. The van der Waals surface area contributed by atoms with Crippen LogP contribution in [0.2, 0.25) is 0 Å². The zero-order chi connectivity index (χ0) is 17.3. The van der Waals surface area contributed by atoms with Gasteiger partial charge in [0.1, 0.15) is 0 Å². The normalized spacial score (nSPS) is 24.4. The summed E-state index contributed by atoms with van der Waals surface area (Å²) >= 11 is 0. The number of nitrogens with zero attached hydrogens (tertiary/aromatic N) is 3. The molecular weight excluding hydrogens is 306 g/mol. The number of hydrogen-bond acceptors (Lipinski definition) is 4. The molecule has 6 heteroatoms. The molecule has 0 N–H and O–H groups in total. The van der Waals surface area contributed by atoms with Gasteiger partial charge in [0.2, 0.25) is 0 Å². The van der Waals surface area contributed by atoms with Crippen molar-refractivity contribution in [1.29, 1.82) is 5.26 Å². The average Bonchev–Trinajstić information content (AvgIpc) is 2.80. The maximum Gasteiger partial charge on any atom is 0.334 e. The van der Waals surface area contributed by atoms with E-state index < -0.39 is 17.8 Å². The van der Waals surface area contributed by atoms with Gasteiger partial charge in [0, 0.05) is 6.04 Å². The topological polar surface area (TPSA) is 81.5 Å². The molecule has 1 aromatic rings. The van der Waals surface area contributed by atoms with Crippen LogP contribution in [-0.2, 0) is 16.1 Å². The minimum absolute atomic E-state index is 0.0509. The van der Waals surface area contributed by atoms with E-state index in [0.29, 0.717) is 11.1 Å². The molecule has 1 aliphatic heterocycles. The molecule has 0 aromatic heterocycles. The molecule has 0 spiro atoms. The SMILES string of the molecule is C[C@H]1CCCC[C@@H]1N1C(=O)C(=O)N(Cc2ccccc2C#N)C1=O. The van der Waals surface area contributed by atoms with Gasteiger partial charge in [-0.25, -0.2) is 4.79 Å². The summed E-state index contributed by atoms with van der Waals surface area (Å²) in [5.74, 6) is -1.34. The highest BCUT2D eigenvalue weighted by atomic mass is 16.2. The highest BCUT2D eigenvalue weighted by molar-refractivity contribution is 6.44. The molecule has 124 valence electrons. The van der Waals surface area contributed by atoms with Crippen molar-refractivity contribution in [3.8, 4) is 6.07 Å². The third kappa shape index (κ3) is 2.67. The van der Waals surface area contributed by atoms with E-state index >= 15 is 0 Å². The van der Waals surface area contributed by atoms with E-state index in [1.165, 1.54) is 0 Å². The second-order valence-corrected chi connectivity index (χ2v) is 6.45. The summed E-state index contributed by atoms with van der Waals surface area (Å²) in [4.78, 5) is 39.5. The molecule has 1 saturated carbocycles. The smallest absolute Gasteiger partial charge is 0.263 e. The Kier molecular flexibility index (Phi) is 4.34. The summed E-state index contributed by atoms with van der Waals surface area (Å²) in [5, 5.41) is 9.15. The third-order valence-electron chi connectivity index (χ3n) is 4.95. The van der Waals surface area contributed by atoms with Crippen LogP contribution in [0.25, 0.3) is 0 Å². The van der Waals surface area contributed by atoms with Crippen molar-refractivity contribution in [2.75, 3.05) is 0 Å². The summed E-state index contributed by atoms with van der Waals surface area (Å²) in [7, 11) is 0. The summed E-state index contributed by atoms with van der Waals surface area (Å²) in [5.41, 5.74) is 0.961. The molecule has 1 saturated heterocycles. The van der Waals surface area contributed by atoms with Crippen molar-refractivity contribution >= 4 is 17.8 Å². The maximum atomic E-state index is 12.7. The van der Waals surface area contributed by atoms with Crippen molar-refractivity contribution in [3.63, 3.8) is 0 Å². The van der Waals surface area contributed by atoms with Crippen LogP contribution in [0.3, 0.4) is 0 Å². The van der Waals surface area contributed by atoms with Crippen molar-refractivity contribution < 1.29 is 14.4 Å². The number of benzene rings is 1. The summed E-state index contributed by atoms with van der Waals surface area (Å²) in [6.07, 6.45) is 3.74. The number of carbonyl (C=O) groups excluding carboxylic acids is 3. The second-order valence-electron chi connectivity index (χ2n) is 6.45. The zero-order valence-electron chi connectivity index (χ0n) is 13.6. The van der Waals surface area contributed by atoms with Crippen LogP contribution >= 0.6 is 0 Å². The van der Waals surface area contributed by atoms with Crippen LogP contribution in [0.5, 0.6) is 0 Å². The highest BCUT2D eigenvalue weighted by Crippen LogP contribution is 2.31. The van der Waals surface area contributed by atoms with E-state index in [9.17, 15) is 14.4 Å². The van der Waals surface area contributed by atoms with E-state index in [0.717, 1.165) is 35.5 Å². The zero-order valence-corrected chi connectivity index (χ0v) is 13.6. The number of rotatable bonds is 3. The van der Waals surface area contributed by atoms with E-state index in [1.54, 1.807) is 24.3 Å². The van der Waals surface area contributed by atoms with Crippen LogP contribution < -0.4 is 0 Å². The van der Waals surface area contributed by atoms with Crippen LogP contribution in [0.15, 0.2) is 24.3 Å². The van der Waals surface area contributed by atoms with Gasteiger partial charge >= 0.3 is 17.8 Å². The van der Waals surface area contributed by atoms with Crippen LogP contribution in [0.4, 0.5) is 4.79 Å². The van der Waals surface area contributed by atoms with Gasteiger partial charge in [0.05, 0.1) is 18.2 Å². The van der Waals surface area contributed by atoms with Gasteiger partial charge in [0.15, 0.2) is 0 Å². The molecule has 1 aromatic carbocycles. The Bertz CT molecular complexity index is 737. The van der Waals surface area contributed by atoms with Crippen LogP contribution in [-0.4, -0.2) is 33.7 Å². The Morgan fingerprint density at radius 3 is 2.54 bits per heavy atom. The second kappa shape index (κ2) is 6.44. The molecule has 2 aliphatic rings. The molecule has 6 nitrogen and oxygen atoms in total. The minimum Gasteiger partial charge on any atom is -0.263 e. The first kappa shape index (κ1) is 16.2. The van der Waals surface area contributed by atoms with E-state index in [1.807, 2.05) is 13.0 Å². The van der Waals surface area contributed by atoms with Crippen molar-refractivity contribution in [3.05, 3.63) is 35.4 Å². The fraction of sp³-hybridized carbons (Fsp3) is 0.444. The predicted molar refractivity (Wildman–Crippen MR) is 85.4 cm³/mol. The van der Waals surface area contributed by atoms with Gasteiger partial charge in [-0.05, 0) is 30.4 Å². The number of nitriles is 1. The monoisotopic (exact) mass is 325 g/mol. The van der Waals surface area contributed by atoms with E-state index in [2.05, 4.69) is 0 Å². The Morgan fingerprint density at radius 2 is 1.83 bits per heavy atom. The Balaban J connectivity index is 1.85. The minimum atomic E-state index is -0.800. The van der Waals surface area contributed by atoms with E-state index in [4.69, 9.17) is 5.26 Å². The number of urea groups is 1. The molecule has 1 aliphatic carbocycles. The number of amides is 4. The average molecular weight is 325 g/mol. The molecule has 0 bridgehead atoms. The van der Waals surface area contributed by atoms with Crippen molar-refractivity contribution in [1.82, 2.24) is 9.80 Å². The predicted octanol–water partition coefficient (Wildman–Crippen LogP) is 2.43. The third-order valence-corrected chi connectivity index (χ3v) is 4.95. The molecular formula is C18H19N3O3. The fourth-order valence-corrected chi connectivity index (χ4v) is 3.57. The maximum absolute atomic E-state index is 12.7. The molecule has 2 fully saturated rings. The number of imide groups is 2. The van der Waals surface area contributed by atoms with Crippen LogP contribution in [0.1, 0.15) is 43.7 Å². The highest BCUT2D eigenvalue weighted by Gasteiger charge is 2.49. The Hall–Kier alpha value is -2.68. The molecule has 0 unspecified atom stereocenters. The fourth-order valence-electron chi connectivity index (χ4n) is 3.57. The summed E-state index contributed by atoms with van der Waals surface area (Å²) in [6, 6.07) is 8.05. The quantitative estimate of drug-likeness (QED) is 0.631. The molecule has 4 amide bonds. The lowest BCUT2D eigenvalue weighted by Gasteiger charge is -2.34. The Labute approximate surface area is 140 Å². The summed E-state index contributed by atoms with van der Waals surface area (Å²) in [6.45, 7) is 1.97. The van der Waals surface area contributed by atoms with Gasteiger partial charge in [-0.2, -0.15) is 5.26 Å². The molecule has 3 rings (SSSR count). The van der Waals surface area contributed by atoms with E-state index in [-0.39, 0.29) is 18.5 Å². The standard InChI is InChI=1S/C18H19N3O3/c1-12-6-2-5-9-15(12)21-17(23)16(22)20(18(21)24)11-14-8-4-3-7-13(14)10-19/h3-4,7-8,12,15H,2,5-6,9,11H2,1H3/t12-,15-/m0/s1. The first-order valence-corrected chi connectivity index (χ1v) is 8.21.